The maximum atomic E-state index is 10.6. The zero-order valence-electron chi connectivity index (χ0n) is 9.70. The molecule has 1 aliphatic rings. The standard InChI is InChI=1S/C11H18O4/c1-8(2)5-11(4)14-7-10(15-11)6-13-9(3)12/h7-8H,5-6H2,1-4H3. The van der Waals surface area contributed by atoms with Gasteiger partial charge in [0.1, 0.15) is 6.26 Å². The second kappa shape index (κ2) is 4.55. The van der Waals surface area contributed by atoms with Crippen LogP contribution in [0.2, 0.25) is 0 Å². The van der Waals surface area contributed by atoms with Crippen molar-refractivity contribution in [1.82, 2.24) is 0 Å². The minimum Gasteiger partial charge on any atom is -0.458 e. The molecular formula is C11H18O4. The number of carbonyl (C=O) groups is 1. The van der Waals surface area contributed by atoms with E-state index in [1.165, 1.54) is 13.2 Å². The van der Waals surface area contributed by atoms with Crippen molar-refractivity contribution in [3.63, 3.8) is 0 Å². The van der Waals surface area contributed by atoms with E-state index < -0.39 is 5.79 Å². The third kappa shape index (κ3) is 3.81. The SMILES string of the molecule is CC(=O)OCC1=COC(C)(CC(C)C)O1. The highest BCUT2D eigenvalue weighted by atomic mass is 16.7. The van der Waals surface area contributed by atoms with Gasteiger partial charge in [-0.1, -0.05) is 13.8 Å². The van der Waals surface area contributed by atoms with Gasteiger partial charge in [-0.2, -0.15) is 0 Å². The van der Waals surface area contributed by atoms with E-state index in [1.54, 1.807) is 0 Å². The summed E-state index contributed by atoms with van der Waals surface area (Å²) in [5, 5.41) is 0. The van der Waals surface area contributed by atoms with Gasteiger partial charge in [-0.3, -0.25) is 4.79 Å². The fourth-order valence-electron chi connectivity index (χ4n) is 1.58. The van der Waals surface area contributed by atoms with Crippen LogP contribution in [0.1, 0.15) is 34.1 Å². The summed E-state index contributed by atoms with van der Waals surface area (Å²) in [6, 6.07) is 0. The molecule has 4 heteroatoms. The maximum Gasteiger partial charge on any atom is 0.303 e. The minimum atomic E-state index is -0.607. The third-order valence-electron chi connectivity index (χ3n) is 1.98. The highest BCUT2D eigenvalue weighted by Crippen LogP contribution is 2.31. The molecule has 1 unspecified atom stereocenters. The van der Waals surface area contributed by atoms with E-state index >= 15 is 0 Å². The number of carbonyl (C=O) groups excluding carboxylic acids is 1. The average molecular weight is 214 g/mol. The average Bonchev–Trinajstić information content (AvgIpc) is 2.42. The van der Waals surface area contributed by atoms with Gasteiger partial charge >= 0.3 is 5.97 Å². The van der Waals surface area contributed by atoms with E-state index in [1.807, 2.05) is 6.92 Å². The molecule has 15 heavy (non-hydrogen) atoms. The summed E-state index contributed by atoms with van der Waals surface area (Å²) in [4.78, 5) is 10.6. The number of ether oxygens (including phenoxy) is 3. The predicted molar refractivity (Wildman–Crippen MR) is 54.7 cm³/mol. The van der Waals surface area contributed by atoms with E-state index in [0.717, 1.165) is 6.42 Å². The Kier molecular flexibility index (Phi) is 3.61. The topological polar surface area (TPSA) is 44.8 Å². The van der Waals surface area contributed by atoms with Crippen LogP contribution in [0.15, 0.2) is 12.0 Å². The second-order valence-corrected chi connectivity index (χ2v) is 4.32. The first-order chi connectivity index (χ1) is 6.91. The van der Waals surface area contributed by atoms with Gasteiger partial charge in [-0.15, -0.1) is 0 Å². The fourth-order valence-corrected chi connectivity index (χ4v) is 1.58. The lowest BCUT2D eigenvalue weighted by atomic mass is 10.0. The first-order valence-electron chi connectivity index (χ1n) is 5.10. The van der Waals surface area contributed by atoms with Crippen LogP contribution in [0, 0.1) is 5.92 Å². The summed E-state index contributed by atoms with van der Waals surface area (Å²) in [6.07, 6.45) is 2.32. The summed E-state index contributed by atoms with van der Waals surface area (Å²) < 4.78 is 15.8. The Balaban J connectivity index is 2.39. The van der Waals surface area contributed by atoms with E-state index in [4.69, 9.17) is 14.2 Å². The molecule has 1 atom stereocenters. The lowest BCUT2D eigenvalue weighted by Crippen LogP contribution is -2.28. The lowest BCUT2D eigenvalue weighted by Gasteiger charge is -2.25. The Labute approximate surface area is 90.2 Å². The van der Waals surface area contributed by atoms with Gasteiger partial charge in [0.15, 0.2) is 12.4 Å². The van der Waals surface area contributed by atoms with Crippen LogP contribution in [0.4, 0.5) is 0 Å². The Morgan fingerprint density at radius 1 is 1.60 bits per heavy atom. The fraction of sp³-hybridized carbons (Fsp3) is 0.727. The maximum absolute atomic E-state index is 10.6. The van der Waals surface area contributed by atoms with Gasteiger partial charge < -0.3 is 14.2 Å². The van der Waals surface area contributed by atoms with Crippen molar-refractivity contribution < 1.29 is 19.0 Å². The molecule has 86 valence electrons. The second-order valence-electron chi connectivity index (χ2n) is 4.32. The summed E-state index contributed by atoms with van der Waals surface area (Å²) >= 11 is 0. The molecule has 1 aliphatic heterocycles. The normalized spacial score (nSPS) is 24.5. The van der Waals surface area contributed by atoms with Gasteiger partial charge in [0.25, 0.3) is 0 Å². The first-order valence-corrected chi connectivity index (χ1v) is 5.10. The summed E-state index contributed by atoms with van der Waals surface area (Å²) in [7, 11) is 0. The van der Waals surface area contributed by atoms with Gasteiger partial charge in [0, 0.05) is 20.3 Å². The number of hydrogen-bond donors (Lipinski definition) is 0. The Morgan fingerprint density at radius 3 is 2.80 bits per heavy atom. The molecule has 0 aliphatic carbocycles. The van der Waals surface area contributed by atoms with Crippen molar-refractivity contribution in [3.05, 3.63) is 12.0 Å². The highest BCUT2D eigenvalue weighted by Gasteiger charge is 2.34. The largest absolute Gasteiger partial charge is 0.458 e. The lowest BCUT2D eigenvalue weighted by molar-refractivity contribution is -0.154. The van der Waals surface area contributed by atoms with Crippen LogP contribution >= 0.6 is 0 Å². The van der Waals surface area contributed by atoms with Crippen molar-refractivity contribution in [3.8, 4) is 0 Å². The van der Waals surface area contributed by atoms with Crippen molar-refractivity contribution in [2.45, 2.75) is 39.9 Å². The molecule has 0 spiro atoms. The molecule has 0 aromatic rings. The third-order valence-corrected chi connectivity index (χ3v) is 1.98. The van der Waals surface area contributed by atoms with Crippen LogP contribution in [0.25, 0.3) is 0 Å². The quantitative estimate of drug-likeness (QED) is 0.673. The van der Waals surface area contributed by atoms with Gasteiger partial charge in [-0.05, 0) is 5.92 Å². The molecule has 0 fully saturated rings. The zero-order chi connectivity index (χ0) is 11.5. The number of hydrogen-bond acceptors (Lipinski definition) is 4. The van der Waals surface area contributed by atoms with Crippen LogP contribution in [0.3, 0.4) is 0 Å². The zero-order valence-corrected chi connectivity index (χ0v) is 9.70. The molecule has 0 radical (unpaired) electrons. The molecule has 0 bridgehead atoms. The predicted octanol–water partition coefficient (Wildman–Crippen LogP) is 2.20. The van der Waals surface area contributed by atoms with Gasteiger partial charge in [0.2, 0.25) is 5.79 Å². The molecule has 4 nitrogen and oxygen atoms in total. The van der Waals surface area contributed by atoms with Crippen LogP contribution < -0.4 is 0 Å². The molecule has 0 N–H and O–H groups in total. The molecule has 1 heterocycles. The van der Waals surface area contributed by atoms with E-state index in [-0.39, 0.29) is 12.6 Å². The van der Waals surface area contributed by atoms with Gasteiger partial charge in [-0.25, -0.2) is 0 Å². The molecular weight excluding hydrogens is 196 g/mol. The van der Waals surface area contributed by atoms with Crippen molar-refractivity contribution in [2.75, 3.05) is 6.61 Å². The monoisotopic (exact) mass is 214 g/mol. The highest BCUT2D eigenvalue weighted by molar-refractivity contribution is 5.66. The van der Waals surface area contributed by atoms with Crippen LogP contribution in [-0.4, -0.2) is 18.4 Å². The molecule has 0 amide bonds. The Morgan fingerprint density at radius 2 is 2.27 bits per heavy atom. The molecule has 0 saturated carbocycles. The first kappa shape index (κ1) is 11.9. The molecule has 0 saturated heterocycles. The van der Waals surface area contributed by atoms with Crippen LogP contribution in [0.5, 0.6) is 0 Å². The van der Waals surface area contributed by atoms with Crippen LogP contribution in [-0.2, 0) is 19.0 Å². The molecule has 1 rings (SSSR count). The van der Waals surface area contributed by atoms with Crippen molar-refractivity contribution in [1.29, 1.82) is 0 Å². The molecule has 0 aromatic heterocycles. The Bertz CT molecular complexity index is 270. The minimum absolute atomic E-state index is 0.142. The smallest absolute Gasteiger partial charge is 0.303 e. The molecule has 0 aromatic carbocycles. The van der Waals surface area contributed by atoms with Gasteiger partial charge in [0.05, 0.1) is 0 Å². The van der Waals surface area contributed by atoms with Crippen molar-refractivity contribution >= 4 is 5.97 Å². The van der Waals surface area contributed by atoms with E-state index in [2.05, 4.69) is 13.8 Å². The number of rotatable bonds is 4. The summed E-state index contributed by atoms with van der Waals surface area (Å²) in [5.74, 6) is 0.116. The number of esters is 1. The van der Waals surface area contributed by atoms with E-state index in [0.29, 0.717) is 11.7 Å². The summed E-state index contributed by atoms with van der Waals surface area (Å²) in [6.45, 7) is 7.58. The Hall–Kier alpha value is -1.19. The summed E-state index contributed by atoms with van der Waals surface area (Å²) in [5.41, 5.74) is 0. The van der Waals surface area contributed by atoms with E-state index in [9.17, 15) is 4.79 Å². The van der Waals surface area contributed by atoms with Crippen molar-refractivity contribution in [2.24, 2.45) is 5.92 Å².